The summed E-state index contributed by atoms with van der Waals surface area (Å²) in [5, 5.41) is 11.4. The van der Waals surface area contributed by atoms with Gasteiger partial charge in [0.2, 0.25) is 0 Å². The van der Waals surface area contributed by atoms with Crippen LogP contribution in [0.5, 0.6) is 0 Å². The van der Waals surface area contributed by atoms with E-state index in [0.717, 1.165) is 5.56 Å². The predicted octanol–water partition coefficient (Wildman–Crippen LogP) is 4.62. The van der Waals surface area contributed by atoms with Crippen molar-refractivity contribution in [2.45, 2.75) is 26.4 Å². The highest BCUT2D eigenvalue weighted by Gasteiger charge is 2.16. The Kier molecular flexibility index (Phi) is 5.14. The van der Waals surface area contributed by atoms with Gasteiger partial charge < -0.3 is 4.74 Å². The number of carbonyl (C=O) groups excluding carboxylic acids is 1. The molecule has 0 fully saturated rings. The zero-order chi connectivity index (χ0) is 17.7. The van der Waals surface area contributed by atoms with Crippen LogP contribution in [-0.2, 0) is 9.53 Å². The van der Waals surface area contributed by atoms with Crippen molar-refractivity contribution in [1.82, 2.24) is 0 Å². The molecule has 0 heterocycles. The fraction of sp³-hybridized carbons (Fsp3) is 0.211. The lowest BCUT2D eigenvalue weighted by atomic mass is 10.0. The van der Waals surface area contributed by atoms with E-state index in [9.17, 15) is 14.9 Å². The fourth-order valence-electron chi connectivity index (χ4n) is 2.17. The van der Waals surface area contributed by atoms with Gasteiger partial charge in [0, 0.05) is 12.1 Å². The molecule has 124 valence electrons. The normalized spacial score (nSPS) is 11.5. The number of rotatable bonds is 4. The summed E-state index contributed by atoms with van der Waals surface area (Å²) in [7, 11) is 0. The van der Waals surface area contributed by atoms with Crippen molar-refractivity contribution in [3.8, 4) is 11.1 Å². The number of esters is 1. The Morgan fingerprint density at radius 3 is 2.38 bits per heavy atom. The molecule has 0 radical (unpaired) electrons. The minimum atomic E-state index is -0.579. The van der Waals surface area contributed by atoms with Crippen LogP contribution in [0.25, 0.3) is 17.2 Å². The van der Waals surface area contributed by atoms with Gasteiger partial charge in [0.25, 0.3) is 5.69 Å². The molecule has 24 heavy (non-hydrogen) atoms. The summed E-state index contributed by atoms with van der Waals surface area (Å²) in [4.78, 5) is 22.6. The summed E-state index contributed by atoms with van der Waals surface area (Å²) in [6.45, 7) is 5.33. The molecule has 0 atom stereocenters. The Morgan fingerprint density at radius 2 is 1.79 bits per heavy atom. The van der Waals surface area contributed by atoms with Gasteiger partial charge in [-0.3, -0.25) is 10.1 Å². The molecule has 0 aromatic heterocycles. The average Bonchev–Trinajstić information content (AvgIpc) is 2.52. The Labute approximate surface area is 140 Å². The van der Waals surface area contributed by atoms with E-state index in [2.05, 4.69) is 0 Å². The number of nitro groups is 1. The first kappa shape index (κ1) is 17.4. The second-order valence-corrected chi connectivity index (χ2v) is 6.27. The van der Waals surface area contributed by atoms with Gasteiger partial charge in [0.1, 0.15) is 5.60 Å². The number of hydrogen-bond donors (Lipinski definition) is 0. The lowest BCUT2D eigenvalue weighted by Gasteiger charge is -2.17. The second-order valence-electron chi connectivity index (χ2n) is 6.27. The molecule has 5 heteroatoms. The molecule has 0 aliphatic carbocycles. The van der Waals surface area contributed by atoms with E-state index in [1.807, 2.05) is 30.3 Å². The molecule has 0 unspecified atom stereocenters. The van der Waals surface area contributed by atoms with Gasteiger partial charge in [-0.25, -0.2) is 4.79 Å². The maximum absolute atomic E-state index is 11.7. The van der Waals surface area contributed by atoms with E-state index in [-0.39, 0.29) is 5.69 Å². The first-order chi connectivity index (χ1) is 11.3. The molecule has 0 N–H and O–H groups in total. The van der Waals surface area contributed by atoms with E-state index in [0.29, 0.717) is 11.1 Å². The summed E-state index contributed by atoms with van der Waals surface area (Å²) in [5.41, 5.74) is 1.28. The Morgan fingerprint density at radius 1 is 1.12 bits per heavy atom. The molecule has 0 aliphatic heterocycles. The lowest BCUT2D eigenvalue weighted by molar-refractivity contribution is -0.384. The molecule has 0 aliphatic rings. The highest BCUT2D eigenvalue weighted by molar-refractivity contribution is 5.88. The number of nitro benzene ring substituents is 1. The van der Waals surface area contributed by atoms with Crippen LogP contribution in [0.2, 0.25) is 0 Å². The van der Waals surface area contributed by atoms with Crippen molar-refractivity contribution in [2.24, 2.45) is 0 Å². The van der Waals surface area contributed by atoms with Crippen LogP contribution in [0.15, 0.2) is 54.6 Å². The SMILES string of the molecule is CC(C)(C)OC(=O)/C=C/c1ccc(-c2ccccc2)c([N+](=O)[O-])c1. The van der Waals surface area contributed by atoms with E-state index >= 15 is 0 Å². The van der Waals surface area contributed by atoms with Crippen molar-refractivity contribution in [3.05, 3.63) is 70.3 Å². The van der Waals surface area contributed by atoms with Crippen LogP contribution in [0.3, 0.4) is 0 Å². The monoisotopic (exact) mass is 325 g/mol. The maximum atomic E-state index is 11.7. The highest BCUT2D eigenvalue weighted by atomic mass is 16.6. The van der Waals surface area contributed by atoms with Crippen LogP contribution in [0.1, 0.15) is 26.3 Å². The summed E-state index contributed by atoms with van der Waals surface area (Å²) in [6.07, 6.45) is 2.78. The molecule has 0 bridgehead atoms. The average molecular weight is 325 g/mol. The van der Waals surface area contributed by atoms with Gasteiger partial charge in [0.15, 0.2) is 0 Å². The number of benzene rings is 2. The van der Waals surface area contributed by atoms with Gasteiger partial charge in [-0.05, 0) is 44.0 Å². The van der Waals surface area contributed by atoms with Crippen LogP contribution in [0, 0.1) is 10.1 Å². The molecule has 2 rings (SSSR count). The number of hydrogen-bond acceptors (Lipinski definition) is 4. The molecular formula is C19H19NO4. The third-order valence-corrected chi connectivity index (χ3v) is 3.12. The van der Waals surface area contributed by atoms with Gasteiger partial charge in [0.05, 0.1) is 10.5 Å². The molecule has 0 spiro atoms. The van der Waals surface area contributed by atoms with Crippen LogP contribution >= 0.6 is 0 Å². The topological polar surface area (TPSA) is 69.4 Å². The third-order valence-electron chi connectivity index (χ3n) is 3.12. The first-order valence-corrected chi connectivity index (χ1v) is 7.51. The molecule has 5 nitrogen and oxygen atoms in total. The molecule has 0 amide bonds. The minimum absolute atomic E-state index is 0.00691. The van der Waals surface area contributed by atoms with Crippen LogP contribution in [-0.4, -0.2) is 16.5 Å². The largest absolute Gasteiger partial charge is 0.457 e. The van der Waals surface area contributed by atoms with E-state index in [1.165, 1.54) is 18.2 Å². The standard InChI is InChI=1S/C19H19NO4/c1-19(2,3)24-18(21)12-10-14-9-11-16(17(13-14)20(22)23)15-7-5-4-6-8-15/h4-13H,1-3H3/b12-10+. The van der Waals surface area contributed by atoms with Gasteiger partial charge in [-0.15, -0.1) is 0 Å². The Bertz CT molecular complexity index is 774. The number of nitrogens with zero attached hydrogens (tertiary/aromatic N) is 1. The van der Waals surface area contributed by atoms with Crippen LogP contribution in [0.4, 0.5) is 5.69 Å². The van der Waals surface area contributed by atoms with Crippen molar-refractivity contribution in [2.75, 3.05) is 0 Å². The van der Waals surface area contributed by atoms with Crippen LogP contribution < -0.4 is 0 Å². The van der Waals surface area contributed by atoms with E-state index in [4.69, 9.17) is 4.74 Å². The van der Waals surface area contributed by atoms with Crippen molar-refractivity contribution in [3.63, 3.8) is 0 Å². The highest BCUT2D eigenvalue weighted by Crippen LogP contribution is 2.30. The quantitative estimate of drug-likeness (QED) is 0.356. The molecule has 0 saturated heterocycles. The van der Waals surface area contributed by atoms with Crippen molar-refractivity contribution < 1.29 is 14.5 Å². The summed E-state index contributed by atoms with van der Waals surface area (Å²) in [6, 6.07) is 14.0. The van der Waals surface area contributed by atoms with Crippen molar-refractivity contribution in [1.29, 1.82) is 0 Å². The first-order valence-electron chi connectivity index (χ1n) is 7.51. The number of ether oxygens (including phenoxy) is 1. The molecule has 2 aromatic rings. The smallest absolute Gasteiger partial charge is 0.331 e. The van der Waals surface area contributed by atoms with Gasteiger partial charge >= 0.3 is 5.97 Å². The second kappa shape index (κ2) is 7.08. The molecule has 2 aromatic carbocycles. The summed E-state index contributed by atoms with van der Waals surface area (Å²) in [5.74, 6) is -0.489. The predicted molar refractivity (Wildman–Crippen MR) is 93.4 cm³/mol. The summed E-state index contributed by atoms with van der Waals surface area (Å²) >= 11 is 0. The van der Waals surface area contributed by atoms with E-state index < -0.39 is 16.5 Å². The van der Waals surface area contributed by atoms with E-state index in [1.54, 1.807) is 32.9 Å². The fourth-order valence-corrected chi connectivity index (χ4v) is 2.17. The third kappa shape index (κ3) is 4.78. The zero-order valence-electron chi connectivity index (χ0n) is 13.9. The lowest BCUT2D eigenvalue weighted by Crippen LogP contribution is -2.22. The van der Waals surface area contributed by atoms with Crippen molar-refractivity contribution >= 4 is 17.7 Å². The zero-order valence-corrected chi connectivity index (χ0v) is 13.9. The maximum Gasteiger partial charge on any atom is 0.331 e. The Hall–Kier alpha value is -2.95. The summed E-state index contributed by atoms with van der Waals surface area (Å²) < 4.78 is 5.17. The van der Waals surface area contributed by atoms with Gasteiger partial charge in [-0.2, -0.15) is 0 Å². The molecular weight excluding hydrogens is 306 g/mol. The van der Waals surface area contributed by atoms with Gasteiger partial charge in [-0.1, -0.05) is 36.4 Å². The minimum Gasteiger partial charge on any atom is -0.457 e. The molecule has 0 saturated carbocycles. The Balaban J connectivity index is 2.30. The number of carbonyl (C=O) groups is 1.